The number of aromatic nitrogens is 1. The molecule has 0 N–H and O–H groups in total. The fraction of sp³-hybridized carbons (Fsp3) is 0.385. The second kappa shape index (κ2) is 3.74. The van der Waals surface area contributed by atoms with Crippen LogP contribution in [-0.2, 0) is 0 Å². The zero-order valence-corrected chi connectivity index (χ0v) is 9.04. The van der Waals surface area contributed by atoms with Gasteiger partial charge in [0.1, 0.15) is 0 Å². The number of hydrogen-bond donors (Lipinski definition) is 0. The number of hydrogen-bond acceptors (Lipinski definition) is 2. The van der Waals surface area contributed by atoms with E-state index in [-0.39, 0.29) is 5.91 Å². The van der Waals surface area contributed by atoms with E-state index in [1.54, 1.807) is 24.5 Å². The summed E-state index contributed by atoms with van der Waals surface area (Å²) in [6, 6.07) is 4.32. The molecule has 0 radical (unpaired) electrons. The summed E-state index contributed by atoms with van der Waals surface area (Å²) >= 11 is 0. The van der Waals surface area contributed by atoms with Crippen LogP contribution >= 0.6 is 0 Å². The van der Waals surface area contributed by atoms with Crippen molar-refractivity contribution in [1.82, 2.24) is 9.88 Å². The van der Waals surface area contributed by atoms with Crippen LogP contribution in [0, 0.1) is 0 Å². The van der Waals surface area contributed by atoms with Crippen molar-refractivity contribution in [2.45, 2.75) is 31.3 Å². The first-order valence-corrected chi connectivity index (χ1v) is 5.75. The van der Waals surface area contributed by atoms with Crippen LogP contribution in [-0.4, -0.2) is 27.9 Å². The number of fused-ring (bicyclic) bond motifs is 2. The van der Waals surface area contributed by atoms with Gasteiger partial charge in [0.25, 0.3) is 5.91 Å². The van der Waals surface area contributed by atoms with Gasteiger partial charge in [-0.2, -0.15) is 0 Å². The summed E-state index contributed by atoms with van der Waals surface area (Å²) in [6.45, 7) is 0. The third-order valence-corrected chi connectivity index (χ3v) is 3.47. The number of carbonyl (C=O) groups excluding carboxylic acids is 1. The van der Waals surface area contributed by atoms with Gasteiger partial charge in [0.05, 0.1) is 6.04 Å². The molecule has 1 aromatic rings. The highest BCUT2D eigenvalue weighted by molar-refractivity contribution is 5.95. The predicted octanol–water partition coefficient (Wildman–Crippen LogP) is 2.01. The highest BCUT2D eigenvalue weighted by Crippen LogP contribution is 2.32. The number of carbonyl (C=O) groups is 1. The van der Waals surface area contributed by atoms with Gasteiger partial charge in [0.15, 0.2) is 0 Å². The molecular weight excluding hydrogens is 200 g/mol. The second-order valence-electron chi connectivity index (χ2n) is 4.41. The van der Waals surface area contributed by atoms with Crippen molar-refractivity contribution < 1.29 is 4.79 Å². The lowest BCUT2D eigenvalue weighted by atomic mass is 10.1. The van der Waals surface area contributed by atoms with Crippen LogP contribution in [0.1, 0.15) is 29.6 Å². The lowest BCUT2D eigenvalue weighted by Crippen LogP contribution is -2.42. The Bertz CT molecular complexity index is 427. The van der Waals surface area contributed by atoms with Gasteiger partial charge in [0.2, 0.25) is 0 Å². The molecule has 3 heteroatoms. The molecule has 1 fully saturated rings. The molecule has 0 spiro atoms. The minimum atomic E-state index is 0.152. The van der Waals surface area contributed by atoms with Gasteiger partial charge in [-0.05, 0) is 31.4 Å². The van der Waals surface area contributed by atoms with E-state index in [1.165, 1.54) is 0 Å². The van der Waals surface area contributed by atoms with Crippen molar-refractivity contribution in [1.29, 1.82) is 0 Å². The van der Waals surface area contributed by atoms with Gasteiger partial charge in [-0.3, -0.25) is 9.78 Å². The smallest absolute Gasteiger partial charge is 0.254 e. The van der Waals surface area contributed by atoms with E-state index in [4.69, 9.17) is 0 Å². The van der Waals surface area contributed by atoms with Crippen LogP contribution in [0.4, 0.5) is 0 Å². The Labute approximate surface area is 94.8 Å². The fourth-order valence-electron chi connectivity index (χ4n) is 2.69. The van der Waals surface area contributed by atoms with Crippen LogP contribution in [0.25, 0.3) is 0 Å². The molecule has 2 bridgehead atoms. The van der Waals surface area contributed by atoms with E-state index >= 15 is 0 Å². The van der Waals surface area contributed by atoms with Gasteiger partial charge in [-0.25, -0.2) is 0 Å². The largest absolute Gasteiger partial charge is 0.329 e. The number of rotatable bonds is 1. The minimum absolute atomic E-state index is 0.152. The average molecular weight is 214 g/mol. The quantitative estimate of drug-likeness (QED) is 0.670. The van der Waals surface area contributed by atoms with E-state index in [0.717, 1.165) is 24.8 Å². The number of amides is 1. The van der Waals surface area contributed by atoms with Gasteiger partial charge in [-0.1, -0.05) is 12.2 Å². The Morgan fingerprint density at radius 3 is 2.88 bits per heavy atom. The first-order chi connectivity index (χ1) is 7.86. The molecule has 1 amide bonds. The summed E-state index contributed by atoms with van der Waals surface area (Å²) in [5.74, 6) is 0.152. The third kappa shape index (κ3) is 1.43. The zero-order chi connectivity index (χ0) is 11.0. The maximum absolute atomic E-state index is 12.3. The van der Waals surface area contributed by atoms with Crippen molar-refractivity contribution in [3.8, 4) is 0 Å². The van der Waals surface area contributed by atoms with Crippen molar-refractivity contribution in [2.75, 3.05) is 0 Å². The van der Waals surface area contributed by atoms with Crippen molar-refractivity contribution in [3.63, 3.8) is 0 Å². The summed E-state index contributed by atoms with van der Waals surface area (Å²) in [5.41, 5.74) is 0.752. The maximum Gasteiger partial charge on any atom is 0.254 e. The zero-order valence-electron chi connectivity index (χ0n) is 9.04. The summed E-state index contributed by atoms with van der Waals surface area (Å²) in [6.07, 6.45) is 11.0. The van der Waals surface area contributed by atoms with E-state index in [2.05, 4.69) is 17.1 Å². The molecule has 2 atom stereocenters. The Hall–Kier alpha value is -1.64. The molecule has 2 aliphatic rings. The van der Waals surface area contributed by atoms with Crippen molar-refractivity contribution in [2.24, 2.45) is 0 Å². The molecule has 1 saturated heterocycles. The standard InChI is InChI=1S/C13H14N2O/c16-13(10-6-8-14-9-7-10)15-11-2-1-3-12(15)5-4-11/h1-2,6-9,11-12H,3-5H2. The Morgan fingerprint density at radius 1 is 1.31 bits per heavy atom. The van der Waals surface area contributed by atoms with Crippen LogP contribution in [0.3, 0.4) is 0 Å². The number of pyridine rings is 1. The molecule has 3 nitrogen and oxygen atoms in total. The van der Waals surface area contributed by atoms with E-state index < -0.39 is 0 Å². The third-order valence-electron chi connectivity index (χ3n) is 3.47. The molecule has 3 rings (SSSR count). The highest BCUT2D eigenvalue weighted by atomic mass is 16.2. The van der Waals surface area contributed by atoms with E-state index in [1.807, 2.05) is 4.90 Å². The molecule has 2 aliphatic heterocycles. The predicted molar refractivity (Wildman–Crippen MR) is 61.0 cm³/mol. The summed E-state index contributed by atoms with van der Waals surface area (Å²) in [5, 5.41) is 0. The van der Waals surface area contributed by atoms with E-state index in [0.29, 0.717) is 12.1 Å². The lowest BCUT2D eigenvalue weighted by Gasteiger charge is -2.31. The topological polar surface area (TPSA) is 33.2 Å². The summed E-state index contributed by atoms with van der Waals surface area (Å²) < 4.78 is 0. The Kier molecular flexibility index (Phi) is 2.24. The summed E-state index contributed by atoms with van der Waals surface area (Å²) in [7, 11) is 0. The second-order valence-corrected chi connectivity index (χ2v) is 4.41. The molecular formula is C13H14N2O. The van der Waals surface area contributed by atoms with Gasteiger partial charge in [-0.15, -0.1) is 0 Å². The van der Waals surface area contributed by atoms with E-state index in [9.17, 15) is 4.79 Å². The maximum atomic E-state index is 12.3. The molecule has 0 saturated carbocycles. The SMILES string of the molecule is O=C(c1ccncc1)N1C2C=CCC1CC2. The van der Waals surface area contributed by atoms with Crippen LogP contribution in [0.5, 0.6) is 0 Å². The van der Waals surface area contributed by atoms with Crippen molar-refractivity contribution in [3.05, 3.63) is 42.2 Å². The summed E-state index contributed by atoms with van der Waals surface area (Å²) in [4.78, 5) is 18.3. The molecule has 16 heavy (non-hydrogen) atoms. The van der Waals surface area contributed by atoms with Crippen LogP contribution in [0.2, 0.25) is 0 Å². The molecule has 2 unspecified atom stereocenters. The lowest BCUT2D eigenvalue weighted by molar-refractivity contribution is 0.0689. The van der Waals surface area contributed by atoms with Crippen LogP contribution in [0.15, 0.2) is 36.7 Å². The van der Waals surface area contributed by atoms with Crippen LogP contribution < -0.4 is 0 Å². The highest BCUT2D eigenvalue weighted by Gasteiger charge is 2.37. The Balaban J connectivity index is 1.89. The van der Waals surface area contributed by atoms with Gasteiger partial charge in [0, 0.05) is 24.0 Å². The van der Waals surface area contributed by atoms with Gasteiger partial charge < -0.3 is 4.90 Å². The molecule has 0 aromatic carbocycles. The molecule has 82 valence electrons. The molecule has 0 aliphatic carbocycles. The molecule has 3 heterocycles. The number of nitrogens with zero attached hydrogens (tertiary/aromatic N) is 2. The minimum Gasteiger partial charge on any atom is -0.329 e. The first kappa shape index (κ1) is 9.58. The normalized spacial score (nSPS) is 27.1. The fourth-order valence-corrected chi connectivity index (χ4v) is 2.69. The monoisotopic (exact) mass is 214 g/mol. The van der Waals surface area contributed by atoms with Gasteiger partial charge >= 0.3 is 0 Å². The Morgan fingerprint density at radius 2 is 2.12 bits per heavy atom. The average Bonchev–Trinajstić information content (AvgIpc) is 2.59. The first-order valence-electron chi connectivity index (χ1n) is 5.75. The van der Waals surface area contributed by atoms with Crippen molar-refractivity contribution >= 4 is 5.91 Å². The molecule has 1 aromatic heterocycles.